The Morgan fingerprint density at radius 3 is 2.70 bits per heavy atom. The van der Waals surface area contributed by atoms with Crippen LogP contribution < -0.4 is 10.6 Å². The lowest BCUT2D eigenvalue weighted by Crippen LogP contribution is -2.24. The molecule has 0 spiro atoms. The Bertz CT molecular complexity index is 691. The largest absolute Gasteiger partial charge is 0.394 e. The molecule has 0 aliphatic heterocycles. The Labute approximate surface area is 139 Å². The minimum atomic E-state index is -0.887. The lowest BCUT2D eigenvalue weighted by Gasteiger charge is -2.14. The number of rotatable bonds is 6. The number of carbonyl (C=O) groups is 1. The van der Waals surface area contributed by atoms with Gasteiger partial charge >= 0.3 is 0 Å². The number of halogens is 1. The zero-order valence-electron chi connectivity index (χ0n) is 12.7. The number of carbonyl (C=O) groups excluding carboxylic acids is 1. The molecule has 5 nitrogen and oxygen atoms in total. The van der Waals surface area contributed by atoms with Gasteiger partial charge in [-0.1, -0.05) is 29.8 Å². The molecular weight excluding hydrogens is 316 g/mol. The van der Waals surface area contributed by atoms with E-state index in [9.17, 15) is 9.90 Å². The maximum absolute atomic E-state index is 12.4. The van der Waals surface area contributed by atoms with Crippen molar-refractivity contribution in [2.45, 2.75) is 13.0 Å². The number of hydrogen-bond acceptors (Lipinski definition) is 4. The number of hydrogen-bond donors (Lipinski definition) is 4. The summed E-state index contributed by atoms with van der Waals surface area (Å²) in [5.41, 5.74) is 2.56. The number of amides is 1. The van der Waals surface area contributed by atoms with E-state index in [4.69, 9.17) is 16.7 Å². The first-order valence-corrected chi connectivity index (χ1v) is 7.58. The van der Waals surface area contributed by atoms with Crippen LogP contribution in [-0.4, -0.2) is 35.4 Å². The van der Waals surface area contributed by atoms with Crippen molar-refractivity contribution in [1.82, 2.24) is 0 Å². The van der Waals surface area contributed by atoms with Gasteiger partial charge in [-0.25, -0.2) is 0 Å². The van der Waals surface area contributed by atoms with Crippen LogP contribution in [0.15, 0.2) is 42.5 Å². The number of anilines is 2. The van der Waals surface area contributed by atoms with E-state index in [0.717, 1.165) is 5.56 Å². The van der Waals surface area contributed by atoms with Crippen LogP contribution in [0.5, 0.6) is 0 Å². The molecule has 0 saturated heterocycles. The van der Waals surface area contributed by atoms with E-state index in [1.54, 1.807) is 36.4 Å². The van der Waals surface area contributed by atoms with Gasteiger partial charge in [0.05, 0.1) is 18.3 Å². The van der Waals surface area contributed by atoms with E-state index in [1.807, 2.05) is 13.0 Å². The second-order valence-electron chi connectivity index (χ2n) is 5.18. The van der Waals surface area contributed by atoms with Gasteiger partial charge in [0.15, 0.2) is 0 Å². The van der Waals surface area contributed by atoms with Gasteiger partial charge in [0.25, 0.3) is 5.91 Å². The lowest BCUT2D eigenvalue weighted by molar-refractivity contribution is 0.102. The number of aliphatic hydroxyl groups excluding tert-OH is 2. The zero-order valence-corrected chi connectivity index (χ0v) is 13.5. The molecule has 4 N–H and O–H groups in total. The third kappa shape index (κ3) is 4.69. The zero-order chi connectivity index (χ0) is 16.8. The Morgan fingerprint density at radius 2 is 2.00 bits per heavy atom. The molecule has 2 rings (SSSR count). The molecule has 122 valence electrons. The van der Waals surface area contributed by atoms with Gasteiger partial charge in [-0.3, -0.25) is 4.79 Å². The highest BCUT2D eigenvalue weighted by Gasteiger charge is 2.12. The molecule has 1 atom stereocenters. The molecule has 1 unspecified atom stereocenters. The summed E-state index contributed by atoms with van der Waals surface area (Å²) in [7, 11) is 0. The number of benzene rings is 2. The molecule has 0 radical (unpaired) electrons. The maximum atomic E-state index is 12.4. The Hall–Kier alpha value is -2.08. The summed E-state index contributed by atoms with van der Waals surface area (Å²) in [6.45, 7) is 1.69. The van der Waals surface area contributed by atoms with Crippen molar-refractivity contribution >= 4 is 28.9 Å². The van der Waals surface area contributed by atoms with Crippen molar-refractivity contribution in [3.8, 4) is 0 Å². The standard InChI is InChI=1S/C17H19ClN2O3/c1-11-6-7-12(8-15(11)18)20-17(23)14-4-2-3-5-16(14)19-9-13(22)10-21/h2-8,13,19,21-22H,9-10H2,1H3,(H,20,23). The van der Waals surface area contributed by atoms with Crippen molar-refractivity contribution in [2.75, 3.05) is 23.8 Å². The predicted molar refractivity (Wildman–Crippen MR) is 92.2 cm³/mol. The molecule has 6 heteroatoms. The van der Waals surface area contributed by atoms with Crippen LogP contribution in [-0.2, 0) is 0 Å². The van der Waals surface area contributed by atoms with E-state index in [2.05, 4.69) is 10.6 Å². The summed E-state index contributed by atoms with van der Waals surface area (Å²) in [6, 6.07) is 12.3. The van der Waals surface area contributed by atoms with Crippen LogP contribution in [0.1, 0.15) is 15.9 Å². The molecule has 0 heterocycles. The minimum absolute atomic E-state index is 0.150. The first kappa shape index (κ1) is 17.3. The van der Waals surface area contributed by atoms with Crippen LogP contribution in [0.4, 0.5) is 11.4 Å². The summed E-state index contributed by atoms with van der Waals surface area (Å²) in [6.07, 6.45) is -0.887. The maximum Gasteiger partial charge on any atom is 0.257 e. The number of para-hydroxylation sites is 1. The average molecular weight is 335 g/mol. The van der Waals surface area contributed by atoms with Crippen LogP contribution in [0, 0.1) is 6.92 Å². The van der Waals surface area contributed by atoms with E-state index < -0.39 is 6.10 Å². The van der Waals surface area contributed by atoms with Crippen LogP contribution in [0.3, 0.4) is 0 Å². The lowest BCUT2D eigenvalue weighted by atomic mass is 10.1. The van der Waals surface area contributed by atoms with E-state index >= 15 is 0 Å². The molecule has 0 aliphatic carbocycles. The van der Waals surface area contributed by atoms with Gasteiger partial charge in [0.2, 0.25) is 0 Å². The summed E-state index contributed by atoms with van der Waals surface area (Å²) < 4.78 is 0. The smallest absolute Gasteiger partial charge is 0.257 e. The number of aryl methyl sites for hydroxylation is 1. The first-order chi connectivity index (χ1) is 11.0. The number of aliphatic hydroxyl groups is 2. The van der Waals surface area contributed by atoms with Gasteiger partial charge < -0.3 is 20.8 Å². The van der Waals surface area contributed by atoms with Crippen LogP contribution >= 0.6 is 11.6 Å². The fourth-order valence-electron chi connectivity index (χ4n) is 2.00. The number of nitrogens with one attached hydrogen (secondary N) is 2. The second kappa shape index (κ2) is 7.97. The molecule has 0 fully saturated rings. The Morgan fingerprint density at radius 1 is 1.26 bits per heavy atom. The summed E-state index contributed by atoms with van der Waals surface area (Å²) in [5, 5.41) is 24.6. The molecule has 2 aromatic carbocycles. The van der Waals surface area contributed by atoms with Crippen LogP contribution in [0.2, 0.25) is 5.02 Å². The summed E-state index contributed by atoms with van der Waals surface area (Å²) in [4.78, 5) is 12.4. The van der Waals surface area contributed by atoms with Crippen molar-refractivity contribution in [3.63, 3.8) is 0 Å². The molecule has 0 aromatic heterocycles. The monoisotopic (exact) mass is 334 g/mol. The third-order valence-electron chi connectivity index (χ3n) is 3.34. The predicted octanol–water partition coefficient (Wildman–Crippen LogP) is 2.67. The molecule has 2 aromatic rings. The fourth-order valence-corrected chi connectivity index (χ4v) is 2.18. The van der Waals surface area contributed by atoms with Crippen molar-refractivity contribution in [1.29, 1.82) is 0 Å². The molecule has 0 saturated carbocycles. The summed E-state index contributed by atoms with van der Waals surface area (Å²) >= 11 is 6.06. The van der Waals surface area contributed by atoms with E-state index in [0.29, 0.717) is 22.0 Å². The highest BCUT2D eigenvalue weighted by molar-refractivity contribution is 6.31. The van der Waals surface area contributed by atoms with Gasteiger partial charge in [0, 0.05) is 22.9 Å². The highest BCUT2D eigenvalue weighted by atomic mass is 35.5. The molecule has 0 bridgehead atoms. The van der Waals surface area contributed by atoms with Crippen LogP contribution in [0.25, 0.3) is 0 Å². The SMILES string of the molecule is Cc1ccc(NC(=O)c2ccccc2NCC(O)CO)cc1Cl. The third-order valence-corrected chi connectivity index (χ3v) is 3.75. The second-order valence-corrected chi connectivity index (χ2v) is 5.59. The highest BCUT2D eigenvalue weighted by Crippen LogP contribution is 2.22. The van der Waals surface area contributed by atoms with Crippen molar-refractivity contribution in [2.24, 2.45) is 0 Å². The van der Waals surface area contributed by atoms with Gasteiger partial charge in [-0.05, 0) is 36.8 Å². The van der Waals surface area contributed by atoms with E-state index in [-0.39, 0.29) is 19.1 Å². The normalized spacial score (nSPS) is 11.8. The molecular formula is C17H19ClN2O3. The quantitative estimate of drug-likeness (QED) is 0.654. The first-order valence-electron chi connectivity index (χ1n) is 7.20. The van der Waals surface area contributed by atoms with Gasteiger partial charge in [0.1, 0.15) is 0 Å². The van der Waals surface area contributed by atoms with Crippen molar-refractivity contribution in [3.05, 3.63) is 58.6 Å². The molecule has 23 heavy (non-hydrogen) atoms. The van der Waals surface area contributed by atoms with E-state index in [1.165, 1.54) is 0 Å². The minimum Gasteiger partial charge on any atom is -0.394 e. The Balaban J connectivity index is 2.13. The van der Waals surface area contributed by atoms with Gasteiger partial charge in [-0.2, -0.15) is 0 Å². The molecule has 0 aliphatic rings. The molecule has 1 amide bonds. The average Bonchev–Trinajstić information content (AvgIpc) is 2.56. The van der Waals surface area contributed by atoms with Gasteiger partial charge in [-0.15, -0.1) is 0 Å². The van der Waals surface area contributed by atoms with Crippen molar-refractivity contribution < 1.29 is 15.0 Å². The topological polar surface area (TPSA) is 81.6 Å². The summed E-state index contributed by atoms with van der Waals surface area (Å²) in [5.74, 6) is -0.286. The fraction of sp³-hybridized carbons (Fsp3) is 0.235. The Kier molecular flexibility index (Phi) is 5.98.